The lowest BCUT2D eigenvalue weighted by atomic mass is 10.1. The van der Waals surface area contributed by atoms with Crippen LogP contribution in [0.1, 0.15) is 32.6 Å². The minimum Gasteiger partial charge on any atom is -0.309 e. The van der Waals surface area contributed by atoms with Crippen molar-refractivity contribution in [3.63, 3.8) is 0 Å². The average Bonchev–Trinajstić information content (AvgIpc) is 2.05. The van der Waals surface area contributed by atoms with Crippen LogP contribution in [0.25, 0.3) is 0 Å². The molecule has 0 spiro atoms. The maximum absolute atomic E-state index is 5.43. The van der Waals surface area contributed by atoms with Crippen molar-refractivity contribution in [2.75, 3.05) is 20.6 Å². The van der Waals surface area contributed by atoms with Gasteiger partial charge in [0.25, 0.3) is 0 Å². The zero-order valence-electron chi connectivity index (χ0n) is 8.64. The second kappa shape index (κ2) is 7.53. The molecule has 0 aliphatic heterocycles. The molecule has 3 N–H and O–H groups in total. The fourth-order valence-corrected chi connectivity index (χ4v) is 1.18. The predicted molar refractivity (Wildman–Crippen MR) is 53.8 cm³/mol. The number of nitrogens with two attached hydrogens (primary N) is 1. The molecule has 12 heavy (non-hydrogen) atoms. The summed E-state index contributed by atoms with van der Waals surface area (Å²) in [7, 11) is 4.18. The van der Waals surface area contributed by atoms with E-state index in [0.717, 1.165) is 13.0 Å². The van der Waals surface area contributed by atoms with Crippen molar-refractivity contribution in [3.05, 3.63) is 0 Å². The van der Waals surface area contributed by atoms with E-state index in [1.165, 1.54) is 19.3 Å². The van der Waals surface area contributed by atoms with Gasteiger partial charge in [-0.05, 0) is 33.5 Å². The minimum atomic E-state index is 0.493. The summed E-state index contributed by atoms with van der Waals surface area (Å²) in [6, 6.07) is 0.493. The van der Waals surface area contributed by atoms with E-state index in [4.69, 9.17) is 5.84 Å². The van der Waals surface area contributed by atoms with Gasteiger partial charge in [-0.1, -0.05) is 19.8 Å². The highest BCUT2D eigenvalue weighted by Crippen LogP contribution is 2.03. The number of nitrogens with one attached hydrogen (secondary N) is 1. The second-order valence-electron chi connectivity index (χ2n) is 3.60. The van der Waals surface area contributed by atoms with Crippen molar-refractivity contribution in [1.29, 1.82) is 0 Å². The van der Waals surface area contributed by atoms with Crippen LogP contribution in [0.5, 0.6) is 0 Å². The van der Waals surface area contributed by atoms with Crippen molar-refractivity contribution >= 4 is 0 Å². The van der Waals surface area contributed by atoms with Crippen LogP contribution in [0, 0.1) is 0 Å². The SMILES string of the molecule is CCCCC(CCN(C)C)NN. The molecular formula is C9H23N3. The van der Waals surface area contributed by atoms with Crippen LogP contribution in [-0.2, 0) is 0 Å². The minimum absolute atomic E-state index is 0.493. The maximum atomic E-state index is 5.43. The summed E-state index contributed by atoms with van der Waals surface area (Å²) in [4.78, 5) is 2.19. The molecule has 3 heteroatoms. The molecular weight excluding hydrogens is 150 g/mol. The third-order valence-electron chi connectivity index (χ3n) is 2.07. The predicted octanol–water partition coefficient (Wildman–Crippen LogP) is 0.960. The lowest BCUT2D eigenvalue weighted by Crippen LogP contribution is -2.37. The molecule has 74 valence electrons. The van der Waals surface area contributed by atoms with Gasteiger partial charge < -0.3 is 4.90 Å². The first-order chi connectivity index (χ1) is 5.70. The third kappa shape index (κ3) is 6.58. The van der Waals surface area contributed by atoms with E-state index in [9.17, 15) is 0 Å². The Kier molecular flexibility index (Phi) is 7.45. The number of rotatable bonds is 7. The molecule has 0 saturated carbocycles. The standard InChI is InChI=1S/C9H23N3/c1-4-5-6-9(11-10)7-8-12(2)3/h9,11H,4-8,10H2,1-3H3. The molecule has 0 bridgehead atoms. The van der Waals surface area contributed by atoms with Crippen molar-refractivity contribution in [2.45, 2.75) is 38.6 Å². The molecule has 0 aromatic heterocycles. The van der Waals surface area contributed by atoms with E-state index in [0.29, 0.717) is 6.04 Å². The first kappa shape index (κ1) is 11.9. The Morgan fingerprint density at radius 1 is 1.33 bits per heavy atom. The van der Waals surface area contributed by atoms with E-state index in [-0.39, 0.29) is 0 Å². The van der Waals surface area contributed by atoms with Crippen LogP contribution >= 0.6 is 0 Å². The first-order valence-corrected chi connectivity index (χ1v) is 4.81. The van der Waals surface area contributed by atoms with Crippen LogP contribution < -0.4 is 11.3 Å². The molecule has 0 aliphatic rings. The van der Waals surface area contributed by atoms with E-state index in [1.807, 2.05) is 0 Å². The Morgan fingerprint density at radius 3 is 2.42 bits per heavy atom. The fraction of sp³-hybridized carbons (Fsp3) is 1.00. The molecule has 0 aliphatic carbocycles. The van der Waals surface area contributed by atoms with Crippen LogP contribution in [0.15, 0.2) is 0 Å². The summed E-state index contributed by atoms with van der Waals surface area (Å²) < 4.78 is 0. The van der Waals surface area contributed by atoms with E-state index < -0.39 is 0 Å². The summed E-state index contributed by atoms with van der Waals surface area (Å²) >= 11 is 0. The molecule has 0 radical (unpaired) electrons. The second-order valence-corrected chi connectivity index (χ2v) is 3.60. The molecule has 0 rings (SSSR count). The Labute approximate surface area is 76.3 Å². The number of nitrogens with zero attached hydrogens (tertiary/aromatic N) is 1. The van der Waals surface area contributed by atoms with Gasteiger partial charge in [-0.15, -0.1) is 0 Å². The molecule has 1 atom stereocenters. The van der Waals surface area contributed by atoms with Crippen molar-refractivity contribution < 1.29 is 0 Å². The summed E-state index contributed by atoms with van der Waals surface area (Å²) in [5.41, 5.74) is 2.87. The Balaban J connectivity index is 3.39. The fourth-order valence-electron chi connectivity index (χ4n) is 1.18. The third-order valence-corrected chi connectivity index (χ3v) is 2.07. The van der Waals surface area contributed by atoms with Gasteiger partial charge in [-0.2, -0.15) is 0 Å². The van der Waals surface area contributed by atoms with Gasteiger partial charge in [0.2, 0.25) is 0 Å². The maximum Gasteiger partial charge on any atom is 0.0222 e. The first-order valence-electron chi connectivity index (χ1n) is 4.81. The normalized spacial score (nSPS) is 13.8. The monoisotopic (exact) mass is 173 g/mol. The summed E-state index contributed by atoms with van der Waals surface area (Å²) in [5.74, 6) is 5.43. The number of hydrogen-bond donors (Lipinski definition) is 2. The summed E-state index contributed by atoms with van der Waals surface area (Å²) in [5, 5.41) is 0. The van der Waals surface area contributed by atoms with Crippen LogP contribution in [-0.4, -0.2) is 31.6 Å². The molecule has 0 amide bonds. The Hall–Kier alpha value is -0.120. The highest BCUT2D eigenvalue weighted by atomic mass is 15.2. The number of hydrogen-bond acceptors (Lipinski definition) is 3. The van der Waals surface area contributed by atoms with Gasteiger partial charge >= 0.3 is 0 Å². The number of unbranched alkanes of at least 4 members (excludes halogenated alkanes) is 1. The van der Waals surface area contributed by atoms with Crippen LogP contribution in [0.2, 0.25) is 0 Å². The molecule has 0 aromatic rings. The van der Waals surface area contributed by atoms with Crippen LogP contribution in [0.3, 0.4) is 0 Å². The Morgan fingerprint density at radius 2 is 2.00 bits per heavy atom. The quantitative estimate of drug-likeness (QED) is 0.445. The van der Waals surface area contributed by atoms with E-state index in [1.54, 1.807) is 0 Å². The van der Waals surface area contributed by atoms with Gasteiger partial charge in [-0.25, -0.2) is 0 Å². The lowest BCUT2D eigenvalue weighted by Gasteiger charge is -2.17. The van der Waals surface area contributed by atoms with E-state index in [2.05, 4.69) is 31.3 Å². The number of hydrazine groups is 1. The van der Waals surface area contributed by atoms with Crippen molar-refractivity contribution in [2.24, 2.45) is 5.84 Å². The highest BCUT2D eigenvalue weighted by Gasteiger charge is 2.05. The molecule has 3 nitrogen and oxygen atoms in total. The smallest absolute Gasteiger partial charge is 0.0222 e. The molecule has 0 saturated heterocycles. The van der Waals surface area contributed by atoms with Gasteiger partial charge in [0.05, 0.1) is 0 Å². The molecule has 0 aromatic carbocycles. The van der Waals surface area contributed by atoms with Crippen molar-refractivity contribution in [1.82, 2.24) is 10.3 Å². The topological polar surface area (TPSA) is 41.3 Å². The zero-order valence-corrected chi connectivity index (χ0v) is 8.64. The van der Waals surface area contributed by atoms with Gasteiger partial charge in [0.15, 0.2) is 0 Å². The van der Waals surface area contributed by atoms with Gasteiger partial charge in [-0.3, -0.25) is 11.3 Å². The lowest BCUT2D eigenvalue weighted by molar-refractivity contribution is 0.347. The molecule has 0 heterocycles. The van der Waals surface area contributed by atoms with Crippen LogP contribution in [0.4, 0.5) is 0 Å². The van der Waals surface area contributed by atoms with E-state index >= 15 is 0 Å². The molecule has 1 unspecified atom stereocenters. The highest BCUT2D eigenvalue weighted by molar-refractivity contribution is 4.64. The zero-order chi connectivity index (χ0) is 9.40. The summed E-state index contributed by atoms with van der Waals surface area (Å²) in [6.45, 7) is 3.32. The summed E-state index contributed by atoms with van der Waals surface area (Å²) in [6.07, 6.45) is 4.85. The Bertz CT molecular complexity index is 93.8. The largest absolute Gasteiger partial charge is 0.309 e. The van der Waals surface area contributed by atoms with Gasteiger partial charge in [0, 0.05) is 6.04 Å². The molecule has 0 fully saturated rings. The van der Waals surface area contributed by atoms with Gasteiger partial charge in [0.1, 0.15) is 0 Å². The van der Waals surface area contributed by atoms with Crippen molar-refractivity contribution in [3.8, 4) is 0 Å². The average molecular weight is 173 g/mol.